The van der Waals surface area contributed by atoms with E-state index in [1.165, 1.54) is 0 Å². The molecule has 6 heteroatoms. The molecule has 0 bridgehead atoms. The molecule has 0 amide bonds. The fourth-order valence-corrected chi connectivity index (χ4v) is 0.478. The van der Waals surface area contributed by atoms with E-state index in [0.29, 0.717) is 0 Å². The first-order chi connectivity index (χ1) is 5.07. The zero-order valence-corrected chi connectivity index (χ0v) is 5.77. The summed E-state index contributed by atoms with van der Waals surface area (Å²) in [7, 11) is 0. The van der Waals surface area contributed by atoms with Crippen molar-refractivity contribution in [3.05, 3.63) is 0 Å². The molecule has 0 fully saturated rings. The molecule has 0 radical (unpaired) electrons. The first-order valence-electron chi connectivity index (χ1n) is 3.01. The molecule has 0 aromatic rings. The smallest absolute Gasteiger partial charge is 0.323 e. The highest BCUT2D eigenvalue weighted by Crippen LogP contribution is 1.82. The summed E-state index contributed by atoms with van der Waals surface area (Å²) in [6.45, 7) is -0.862. The summed E-state index contributed by atoms with van der Waals surface area (Å²) in [4.78, 5) is 10.2. The second-order valence-electron chi connectivity index (χ2n) is 1.96. The summed E-state index contributed by atoms with van der Waals surface area (Å²) in [6, 6.07) is -1.14. The monoisotopic (exact) mass is 165 g/mol. The van der Waals surface area contributed by atoms with E-state index in [0.717, 1.165) is 0 Å². The van der Waals surface area contributed by atoms with Crippen LogP contribution in [0.5, 0.6) is 0 Å². The Labute approximate surface area is 63.1 Å². The van der Waals surface area contributed by atoms with Crippen molar-refractivity contribution in [1.82, 2.24) is 5.32 Å². The highest BCUT2D eigenvalue weighted by Gasteiger charge is 2.15. The minimum absolute atomic E-state index is 0.280. The Morgan fingerprint density at radius 2 is 2.00 bits per heavy atom. The van der Waals surface area contributed by atoms with Crippen LogP contribution in [0.25, 0.3) is 0 Å². The van der Waals surface area contributed by atoms with Gasteiger partial charge in [0.2, 0.25) is 0 Å². The lowest BCUT2D eigenvalue weighted by molar-refractivity contribution is -0.141. The molecule has 0 aromatic carbocycles. The molecule has 0 aliphatic carbocycles. The van der Waals surface area contributed by atoms with E-state index in [-0.39, 0.29) is 6.54 Å². The van der Waals surface area contributed by atoms with Crippen molar-refractivity contribution in [2.45, 2.75) is 12.3 Å². The third-order valence-electron chi connectivity index (χ3n) is 1.03. The average molecular weight is 165 g/mol. The van der Waals surface area contributed by atoms with Gasteiger partial charge in [0, 0.05) is 6.54 Å². The van der Waals surface area contributed by atoms with Crippen molar-refractivity contribution in [1.29, 1.82) is 0 Å². The summed E-state index contributed by atoms with van der Waals surface area (Å²) in [5.41, 5.74) is 0. The van der Waals surface area contributed by atoms with Gasteiger partial charge in [0.25, 0.3) is 0 Å². The van der Waals surface area contributed by atoms with Gasteiger partial charge in [0.05, 0.1) is 6.61 Å². The minimum atomic E-state index is -1.61. The molecule has 6 nitrogen and oxygen atoms in total. The maximum Gasteiger partial charge on any atom is 0.323 e. The van der Waals surface area contributed by atoms with Crippen LogP contribution in [0.1, 0.15) is 0 Å². The predicted octanol–water partition coefficient (Wildman–Crippen LogP) is -2.67. The van der Waals surface area contributed by atoms with Crippen LogP contribution in [0.2, 0.25) is 0 Å². The van der Waals surface area contributed by atoms with Crippen molar-refractivity contribution in [3.63, 3.8) is 0 Å². The summed E-state index contributed by atoms with van der Waals surface area (Å²) < 4.78 is 0. The van der Waals surface area contributed by atoms with Gasteiger partial charge in [-0.2, -0.15) is 0 Å². The summed E-state index contributed by atoms with van der Waals surface area (Å²) in [5, 5.41) is 35.5. The molecule has 0 unspecified atom stereocenters. The minimum Gasteiger partial charge on any atom is -0.480 e. The zero-order chi connectivity index (χ0) is 8.85. The number of nitrogens with one attached hydrogen (secondary N) is 1. The molecule has 0 aromatic heterocycles. The van der Waals surface area contributed by atoms with E-state index in [2.05, 4.69) is 5.32 Å². The number of rotatable bonds is 5. The number of carbonyl (C=O) groups is 1. The molecule has 0 rings (SSSR count). The van der Waals surface area contributed by atoms with Gasteiger partial charge in [-0.1, -0.05) is 0 Å². The van der Waals surface area contributed by atoms with E-state index in [1.54, 1.807) is 0 Å². The zero-order valence-electron chi connectivity index (χ0n) is 5.77. The van der Waals surface area contributed by atoms with Crippen LogP contribution < -0.4 is 5.32 Å². The van der Waals surface area contributed by atoms with Crippen LogP contribution in [0.4, 0.5) is 0 Å². The quantitative estimate of drug-likeness (QED) is 0.284. The number of aliphatic hydroxyl groups is 3. The maximum absolute atomic E-state index is 10.2. The van der Waals surface area contributed by atoms with E-state index in [9.17, 15) is 4.79 Å². The van der Waals surface area contributed by atoms with Crippen molar-refractivity contribution < 1.29 is 25.2 Å². The van der Waals surface area contributed by atoms with Crippen molar-refractivity contribution in [2.75, 3.05) is 13.2 Å². The Hall–Kier alpha value is -0.690. The first-order valence-corrected chi connectivity index (χ1v) is 3.01. The Balaban J connectivity index is 3.61. The van der Waals surface area contributed by atoms with Gasteiger partial charge in [-0.15, -0.1) is 0 Å². The van der Waals surface area contributed by atoms with Gasteiger partial charge in [-0.25, -0.2) is 0 Å². The van der Waals surface area contributed by atoms with Gasteiger partial charge >= 0.3 is 5.97 Å². The maximum atomic E-state index is 10.2. The number of aliphatic hydroxyl groups excluding tert-OH is 2. The van der Waals surface area contributed by atoms with Crippen LogP contribution >= 0.6 is 0 Å². The third kappa shape index (κ3) is 4.68. The number of carboxylic acid groups (broad SMARTS) is 1. The largest absolute Gasteiger partial charge is 0.480 e. The van der Waals surface area contributed by atoms with E-state index < -0.39 is 24.9 Å². The molecule has 0 saturated heterocycles. The van der Waals surface area contributed by atoms with E-state index in [1.807, 2.05) is 0 Å². The van der Waals surface area contributed by atoms with E-state index >= 15 is 0 Å². The van der Waals surface area contributed by atoms with Gasteiger partial charge in [0.1, 0.15) is 6.04 Å². The van der Waals surface area contributed by atoms with Gasteiger partial charge in [-0.3, -0.25) is 10.1 Å². The van der Waals surface area contributed by atoms with Crippen LogP contribution in [-0.4, -0.2) is 51.9 Å². The topological polar surface area (TPSA) is 110 Å². The molecule has 0 spiro atoms. The Morgan fingerprint density at radius 1 is 1.45 bits per heavy atom. The van der Waals surface area contributed by atoms with Crippen LogP contribution in [0.15, 0.2) is 0 Å². The lowest BCUT2D eigenvalue weighted by Gasteiger charge is -2.11. The lowest BCUT2D eigenvalue weighted by Crippen LogP contribution is -2.43. The summed E-state index contributed by atoms with van der Waals surface area (Å²) in [5.74, 6) is -1.23. The Kier molecular flexibility index (Phi) is 4.71. The van der Waals surface area contributed by atoms with Crippen LogP contribution in [0.3, 0.4) is 0 Å². The van der Waals surface area contributed by atoms with Crippen molar-refractivity contribution in [3.8, 4) is 0 Å². The SMILES string of the molecule is O=C(O)[C@H](CO)NCC(O)O. The molecule has 66 valence electrons. The van der Waals surface area contributed by atoms with E-state index in [4.69, 9.17) is 20.4 Å². The first kappa shape index (κ1) is 10.3. The molecular weight excluding hydrogens is 154 g/mol. The lowest BCUT2D eigenvalue weighted by atomic mass is 10.3. The number of carboxylic acids is 1. The highest BCUT2D eigenvalue weighted by molar-refractivity contribution is 5.73. The third-order valence-corrected chi connectivity index (χ3v) is 1.03. The Morgan fingerprint density at radius 3 is 2.27 bits per heavy atom. The molecule has 5 N–H and O–H groups in total. The molecule has 0 saturated carbocycles. The second-order valence-corrected chi connectivity index (χ2v) is 1.96. The van der Waals surface area contributed by atoms with Gasteiger partial charge in [-0.05, 0) is 0 Å². The number of hydrogen-bond acceptors (Lipinski definition) is 5. The standard InChI is InChI=1S/C5H11NO5/c7-2-3(5(10)11)6-1-4(8)9/h3-4,6-9H,1-2H2,(H,10,11)/t3-/m0/s1. The predicted molar refractivity (Wildman–Crippen MR) is 34.7 cm³/mol. The fraction of sp³-hybridized carbons (Fsp3) is 0.800. The van der Waals surface area contributed by atoms with Crippen LogP contribution in [0, 0.1) is 0 Å². The van der Waals surface area contributed by atoms with Crippen molar-refractivity contribution in [2.24, 2.45) is 0 Å². The van der Waals surface area contributed by atoms with Gasteiger partial charge in [0.15, 0.2) is 6.29 Å². The molecule has 1 atom stereocenters. The summed E-state index contributed by atoms with van der Waals surface area (Å²) in [6.07, 6.45) is -1.61. The molecule has 0 aliphatic heterocycles. The van der Waals surface area contributed by atoms with Gasteiger partial charge < -0.3 is 20.4 Å². The summed E-state index contributed by atoms with van der Waals surface area (Å²) >= 11 is 0. The molecular formula is C5H11NO5. The molecule has 11 heavy (non-hydrogen) atoms. The fourth-order valence-electron chi connectivity index (χ4n) is 0.478. The normalized spacial score (nSPS) is 13.5. The number of aliphatic carboxylic acids is 1. The Bertz CT molecular complexity index is 126. The average Bonchev–Trinajstić information content (AvgIpc) is 1.87. The second kappa shape index (κ2) is 5.03. The van der Waals surface area contributed by atoms with Crippen LogP contribution in [-0.2, 0) is 4.79 Å². The van der Waals surface area contributed by atoms with Crippen molar-refractivity contribution >= 4 is 5.97 Å². The number of hydrogen-bond donors (Lipinski definition) is 5. The highest BCUT2D eigenvalue weighted by atomic mass is 16.5. The molecule has 0 aliphatic rings. The molecule has 0 heterocycles.